The highest BCUT2D eigenvalue weighted by Crippen LogP contribution is 2.21. The van der Waals surface area contributed by atoms with Crippen molar-refractivity contribution in [1.29, 1.82) is 0 Å². The smallest absolute Gasteiger partial charge is 0.137 e. The van der Waals surface area contributed by atoms with Crippen molar-refractivity contribution in [3.63, 3.8) is 0 Å². The SMILES string of the molecule is CCCNC(Cc1ccc(F)c(Br)c1)C(CC)CC. The summed E-state index contributed by atoms with van der Waals surface area (Å²) < 4.78 is 13.8. The third-order valence-corrected chi connectivity index (χ3v) is 4.32. The lowest BCUT2D eigenvalue weighted by atomic mass is 9.89. The van der Waals surface area contributed by atoms with Gasteiger partial charge in [-0.25, -0.2) is 4.39 Å². The van der Waals surface area contributed by atoms with Gasteiger partial charge in [-0.15, -0.1) is 0 Å². The highest BCUT2D eigenvalue weighted by atomic mass is 79.9. The van der Waals surface area contributed by atoms with Crippen LogP contribution in [0.4, 0.5) is 4.39 Å². The lowest BCUT2D eigenvalue weighted by Gasteiger charge is -2.26. The van der Waals surface area contributed by atoms with Crippen LogP contribution in [0.2, 0.25) is 0 Å². The minimum absolute atomic E-state index is 0.190. The fourth-order valence-corrected chi connectivity index (χ4v) is 2.94. The molecule has 1 nitrogen and oxygen atoms in total. The van der Waals surface area contributed by atoms with E-state index in [-0.39, 0.29) is 5.82 Å². The summed E-state index contributed by atoms with van der Waals surface area (Å²) in [5.41, 5.74) is 1.19. The second-order valence-electron chi connectivity index (χ2n) is 5.09. The molecule has 1 unspecified atom stereocenters. The molecule has 0 saturated heterocycles. The third kappa shape index (κ3) is 5.23. The van der Waals surface area contributed by atoms with Crippen molar-refractivity contribution in [1.82, 2.24) is 5.32 Å². The molecule has 0 aliphatic rings. The highest BCUT2D eigenvalue weighted by Gasteiger charge is 2.18. The predicted octanol–water partition coefficient (Wildman–Crippen LogP) is 4.94. The number of hydrogen-bond acceptors (Lipinski definition) is 1. The van der Waals surface area contributed by atoms with Gasteiger partial charge in [-0.3, -0.25) is 0 Å². The number of halogens is 2. The first-order valence-corrected chi connectivity index (χ1v) is 8.08. The second kappa shape index (κ2) is 8.70. The lowest BCUT2D eigenvalue weighted by molar-refractivity contribution is 0.332. The van der Waals surface area contributed by atoms with E-state index in [4.69, 9.17) is 0 Å². The van der Waals surface area contributed by atoms with Gasteiger partial charge in [0.05, 0.1) is 4.47 Å². The first-order valence-electron chi connectivity index (χ1n) is 7.29. The Labute approximate surface area is 125 Å². The fraction of sp³-hybridized carbons (Fsp3) is 0.625. The molecule has 0 amide bonds. The van der Waals surface area contributed by atoms with Crippen LogP contribution in [0.1, 0.15) is 45.6 Å². The van der Waals surface area contributed by atoms with E-state index in [1.807, 2.05) is 12.1 Å². The van der Waals surface area contributed by atoms with Gasteiger partial charge in [0.2, 0.25) is 0 Å². The maximum absolute atomic E-state index is 13.3. The molecule has 3 heteroatoms. The normalized spacial score (nSPS) is 12.9. The zero-order valence-corrected chi connectivity index (χ0v) is 13.8. The molecule has 1 aromatic rings. The van der Waals surface area contributed by atoms with Gasteiger partial charge in [0.25, 0.3) is 0 Å². The Kier molecular flexibility index (Phi) is 7.62. The zero-order valence-electron chi connectivity index (χ0n) is 12.2. The molecule has 1 N–H and O–H groups in total. The molecular formula is C16H25BrFN. The van der Waals surface area contributed by atoms with Crippen molar-refractivity contribution < 1.29 is 4.39 Å². The molecule has 0 aliphatic heterocycles. The number of benzene rings is 1. The average molecular weight is 330 g/mol. The molecule has 0 heterocycles. The van der Waals surface area contributed by atoms with Crippen LogP contribution in [0.3, 0.4) is 0 Å². The van der Waals surface area contributed by atoms with Gasteiger partial charge in [0, 0.05) is 6.04 Å². The Balaban J connectivity index is 2.77. The molecule has 1 rings (SSSR count). The van der Waals surface area contributed by atoms with E-state index in [1.54, 1.807) is 6.07 Å². The van der Waals surface area contributed by atoms with Crippen LogP contribution in [0.15, 0.2) is 22.7 Å². The summed E-state index contributed by atoms with van der Waals surface area (Å²) in [4.78, 5) is 0. The maximum atomic E-state index is 13.3. The highest BCUT2D eigenvalue weighted by molar-refractivity contribution is 9.10. The largest absolute Gasteiger partial charge is 0.313 e. The van der Waals surface area contributed by atoms with Crippen LogP contribution < -0.4 is 5.32 Å². The first-order chi connectivity index (χ1) is 9.12. The topological polar surface area (TPSA) is 12.0 Å². The Morgan fingerprint density at radius 2 is 1.89 bits per heavy atom. The van der Waals surface area contributed by atoms with E-state index in [2.05, 4.69) is 42.0 Å². The maximum Gasteiger partial charge on any atom is 0.137 e. The van der Waals surface area contributed by atoms with E-state index in [0.717, 1.165) is 19.4 Å². The number of hydrogen-bond donors (Lipinski definition) is 1. The summed E-state index contributed by atoms with van der Waals surface area (Å²) in [5, 5.41) is 3.64. The van der Waals surface area contributed by atoms with Crippen LogP contribution in [0, 0.1) is 11.7 Å². The molecule has 19 heavy (non-hydrogen) atoms. The molecule has 0 fully saturated rings. The van der Waals surface area contributed by atoms with Gasteiger partial charge in [0.15, 0.2) is 0 Å². The second-order valence-corrected chi connectivity index (χ2v) is 5.94. The molecular weight excluding hydrogens is 305 g/mol. The monoisotopic (exact) mass is 329 g/mol. The molecule has 1 atom stereocenters. The first kappa shape index (κ1) is 16.6. The van der Waals surface area contributed by atoms with Crippen molar-refractivity contribution in [3.05, 3.63) is 34.1 Å². The Hall–Kier alpha value is -0.410. The Bertz CT molecular complexity index is 377. The van der Waals surface area contributed by atoms with E-state index in [0.29, 0.717) is 16.4 Å². The molecule has 0 spiro atoms. The molecule has 0 aromatic heterocycles. The summed E-state index contributed by atoms with van der Waals surface area (Å²) in [5.74, 6) is 0.486. The van der Waals surface area contributed by atoms with E-state index in [1.165, 1.54) is 18.4 Å². The molecule has 0 aliphatic carbocycles. The molecule has 1 aromatic carbocycles. The summed E-state index contributed by atoms with van der Waals surface area (Å²) in [6, 6.07) is 5.82. The molecule has 0 saturated carbocycles. The fourth-order valence-electron chi connectivity index (χ4n) is 2.51. The van der Waals surface area contributed by atoms with E-state index in [9.17, 15) is 4.39 Å². The molecule has 108 valence electrons. The van der Waals surface area contributed by atoms with E-state index < -0.39 is 0 Å². The minimum Gasteiger partial charge on any atom is -0.313 e. The molecule has 0 bridgehead atoms. The lowest BCUT2D eigenvalue weighted by Crippen LogP contribution is -2.38. The standard InChI is InChI=1S/C16H25BrFN/c1-4-9-19-16(13(5-2)6-3)11-12-7-8-15(18)14(17)10-12/h7-8,10,13,16,19H,4-6,9,11H2,1-3H3. The van der Waals surface area contributed by atoms with Crippen molar-refractivity contribution in [2.45, 2.75) is 52.5 Å². The van der Waals surface area contributed by atoms with Gasteiger partial charge < -0.3 is 5.32 Å². The minimum atomic E-state index is -0.190. The summed E-state index contributed by atoms with van der Waals surface area (Å²) >= 11 is 3.26. The van der Waals surface area contributed by atoms with Gasteiger partial charge in [-0.05, 0) is 58.9 Å². The van der Waals surface area contributed by atoms with Gasteiger partial charge in [-0.1, -0.05) is 39.7 Å². The number of rotatable bonds is 8. The third-order valence-electron chi connectivity index (χ3n) is 3.71. The van der Waals surface area contributed by atoms with Crippen LogP contribution in [0.25, 0.3) is 0 Å². The summed E-state index contributed by atoms with van der Waals surface area (Å²) in [6.07, 6.45) is 4.47. The predicted molar refractivity (Wildman–Crippen MR) is 84.0 cm³/mol. The zero-order chi connectivity index (χ0) is 14.3. The summed E-state index contributed by atoms with van der Waals surface area (Å²) in [6.45, 7) is 7.72. The van der Waals surface area contributed by atoms with Crippen molar-refractivity contribution in [3.8, 4) is 0 Å². The van der Waals surface area contributed by atoms with E-state index >= 15 is 0 Å². The van der Waals surface area contributed by atoms with Gasteiger partial charge >= 0.3 is 0 Å². The van der Waals surface area contributed by atoms with Gasteiger partial charge in [0.1, 0.15) is 5.82 Å². The van der Waals surface area contributed by atoms with Crippen molar-refractivity contribution in [2.75, 3.05) is 6.54 Å². The van der Waals surface area contributed by atoms with Crippen LogP contribution in [-0.2, 0) is 6.42 Å². The average Bonchev–Trinajstić information content (AvgIpc) is 2.41. The Morgan fingerprint density at radius 3 is 2.42 bits per heavy atom. The van der Waals surface area contributed by atoms with Crippen molar-refractivity contribution >= 4 is 15.9 Å². The van der Waals surface area contributed by atoms with Crippen LogP contribution >= 0.6 is 15.9 Å². The quantitative estimate of drug-likeness (QED) is 0.712. The van der Waals surface area contributed by atoms with Crippen LogP contribution in [-0.4, -0.2) is 12.6 Å². The van der Waals surface area contributed by atoms with Crippen LogP contribution in [0.5, 0.6) is 0 Å². The van der Waals surface area contributed by atoms with Gasteiger partial charge in [-0.2, -0.15) is 0 Å². The summed E-state index contributed by atoms with van der Waals surface area (Å²) in [7, 11) is 0. The molecule has 0 radical (unpaired) electrons. The number of nitrogens with one attached hydrogen (secondary N) is 1. The Morgan fingerprint density at radius 1 is 1.21 bits per heavy atom. The van der Waals surface area contributed by atoms with Crippen molar-refractivity contribution in [2.24, 2.45) is 5.92 Å².